The second-order valence-corrected chi connectivity index (χ2v) is 4.20. The standard InChI is InChI=1S/C10H13BO3/c1-7(12)8-3-4-9-6-14-11(13)10(9,2)5-8/h3-4,13H,5-6H2,1-2H3. The number of hydrogen-bond donors (Lipinski definition) is 1. The van der Waals surface area contributed by atoms with E-state index >= 15 is 0 Å². The minimum absolute atomic E-state index is 0.0700. The highest BCUT2D eigenvalue weighted by molar-refractivity contribution is 6.49. The molecule has 1 aliphatic carbocycles. The van der Waals surface area contributed by atoms with E-state index in [4.69, 9.17) is 4.65 Å². The number of Topliss-reactive ketones (excluding diaryl/α,β-unsaturated/α-hetero) is 1. The molecule has 0 amide bonds. The van der Waals surface area contributed by atoms with E-state index in [0.717, 1.165) is 11.1 Å². The van der Waals surface area contributed by atoms with Gasteiger partial charge in [0.2, 0.25) is 0 Å². The average molecular weight is 192 g/mol. The van der Waals surface area contributed by atoms with E-state index in [1.54, 1.807) is 6.92 Å². The third kappa shape index (κ3) is 1.26. The van der Waals surface area contributed by atoms with Crippen molar-refractivity contribution in [2.75, 3.05) is 6.61 Å². The Balaban J connectivity index is 2.34. The maximum absolute atomic E-state index is 11.2. The molecule has 0 aromatic rings. The smallest absolute Gasteiger partial charge is 0.426 e. The second-order valence-electron chi connectivity index (χ2n) is 4.20. The highest BCUT2D eigenvalue weighted by Gasteiger charge is 2.49. The van der Waals surface area contributed by atoms with E-state index in [0.29, 0.717) is 13.0 Å². The predicted molar refractivity (Wildman–Crippen MR) is 53.8 cm³/mol. The van der Waals surface area contributed by atoms with Crippen LogP contribution < -0.4 is 0 Å². The molecule has 0 spiro atoms. The second kappa shape index (κ2) is 3.07. The molecule has 1 fully saturated rings. The number of ketones is 1. The molecular weight excluding hydrogens is 179 g/mol. The summed E-state index contributed by atoms with van der Waals surface area (Å²) in [7, 11) is -0.781. The lowest BCUT2D eigenvalue weighted by Gasteiger charge is -2.28. The normalized spacial score (nSPS) is 30.9. The molecule has 3 nitrogen and oxygen atoms in total. The van der Waals surface area contributed by atoms with E-state index in [2.05, 4.69) is 0 Å². The van der Waals surface area contributed by atoms with Crippen molar-refractivity contribution in [3.63, 3.8) is 0 Å². The summed E-state index contributed by atoms with van der Waals surface area (Å²) in [6.45, 7) is 3.96. The van der Waals surface area contributed by atoms with Crippen molar-refractivity contribution in [1.82, 2.24) is 0 Å². The molecular formula is C10H13BO3. The van der Waals surface area contributed by atoms with E-state index in [-0.39, 0.29) is 5.78 Å². The SMILES string of the molecule is CC(=O)C1=CC=C2COB(O)C2(C)C1. The molecule has 2 aliphatic rings. The first-order valence-electron chi connectivity index (χ1n) is 4.75. The molecule has 0 saturated carbocycles. The van der Waals surface area contributed by atoms with Crippen LogP contribution in [0.15, 0.2) is 23.3 Å². The van der Waals surface area contributed by atoms with Gasteiger partial charge in [0.1, 0.15) is 0 Å². The summed E-state index contributed by atoms with van der Waals surface area (Å²) < 4.78 is 5.17. The quantitative estimate of drug-likeness (QED) is 0.632. The third-order valence-electron chi connectivity index (χ3n) is 3.17. The monoisotopic (exact) mass is 192 g/mol. The van der Waals surface area contributed by atoms with Crippen molar-refractivity contribution in [1.29, 1.82) is 0 Å². The largest absolute Gasteiger partial charge is 0.465 e. The Bertz CT molecular complexity index is 345. The van der Waals surface area contributed by atoms with Crippen molar-refractivity contribution in [3.8, 4) is 0 Å². The van der Waals surface area contributed by atoms with Gasteiger partial charge in [-0.2, -0.15) is 0 Å². The van der Waals surface area contributed by atoms with E-state index in [1.807, 2.05) is 19.1 Å². The molecule has 0 aromatic carbocycles. The van der Waals surface area contributed by atoms with Gasteiger partial charge in [-0.05, 0) is 24.5 Å². The number of carbonyl (C=O) groups is 1. The van der Waals surface area contributed by atoms with Crippen LogP contribution in [-0.4, -0.2) is 24.5 Å². The fraction of sp³-hybridized carbons (Fsp3) is 0.500. The van der Waals surface area contributed by atoms with Crippen LogP contribution in [0.2, 0.25) is 5.31 Å². The first-order chi connectivity index (χ1) is 6.54. The number of carbonyl (C=O) groups excluding carboxylic acids is 1. The van der Waals surface area contributed by atoms with Gasteiger partial charge >= 0.3 is 7.12 Å². The van der Waals surface area contributed by atoms with Crippen LogP contribution in [0.4, 0.5) is 0 Å². The van der Waals surface area contributed by atoms with Crippen LogP contribution in [0.3, 0.4) is 0 Å². The summed E-state index contributed by atoms with van der Waals surface area (Å²) in [5.74, 6) is 0.0700. The lowest BCUT2D eigenvalue weighted by molar-refractivity contribution is -0.113. The summed E-state index contributed by atoms with van der Waals surface area (Å²) in [5.41, 5.74) is 1.84. The van der Waals surface area contributed by atoms with Crippen LogP contribution in [-0.2, 0) is 9.45 Å². The fourth-order valence-corrected chi connectivity index (χ4v) is 2.01. The molecule has 0 bridgehead atoms. The van der Waals surface area contributed by atoms with Gasteiger partial charge in [0.15, 0.2) is 5.78 Å². The summed E-state index contributed by atoms with van der Waals surface area (Å²) in [6.07, 6.45) is 4.31. The molecule has 1 N–H and O–H groups in total. The molecule has 1 saturated heterocycles. The maximum Gasteiger partial charge on any atom is 0.465 e. The van der Waals surface area contributed by atoms with Gasteiger partial charge < -0.3 is 9.68 Å². The summed E-state index contributed by atoms with van der Waals surface area (Å²) >= 11 is 0. The minimum Gasteiger partial charge on any atom is -0.426 e. The van der Waals surface area contributed by atoms with Crippen molar-refractivity contribution >= 4 is 12.9 Å². The number of hydrogen-bond acceptors (Lipinski definition) is 3. The van der Waals surface area contributed by atoms with Crippen molar-refractivity contribution in [2.45, 2.75) is 25.6 Å². The van der Waals surface area contributed by atoms with Crippen molar-refractivity contribution in [2.24, 2.45) is 0 Å². The minimum atomic E-state index is -0.781. The predicted octanol–water partition coefficient (Wildman–Crippen LogP) is 1.10. The third-order valence-corrected chi connectivity index (χ3v) is 3.17. The van der Waals surface area contributed by atoms with Crippen LogP contribution in [0.25, 0.3) is 0 Å². The van der Waals surface area contributed by atoms with Crippen LogP contribution >= 0.6 is 0 Å². The Hall–Kier alpha value is -0.865. The molecule has 1 unspecified atom stereocenters. The first kappa shape index (κ1) is 9.68. The van der Waals surface area contributed by atoms with Gasteiger partial charge in [-0.25, -0.2) is 0 Å². The maximum atomic E-state index is 11.2. The van der Waals surface area contributed by atoms with Gasteiger partial charge in [-0.3, -0.25) is 4.79 Å². The van der Waals surface area contributed by atoms with Gasteiger partial charge in [-0.15, -0.1) is 0 Å². The first-order valence-corrected chi connectivity index (χ1v) is 4.75. The molecule has 74 valence electrons. The Morgan fingerprint density at radius 3 is 3.00 bits per heavy atom. The summed E-state index contributed by atoms with van der Waals surface area (Å²) in [5, 5.41) is 9.29. The molecule has 4 heteroatoms. The molecule has 2 rings (SSSR count). The highest BCUT2D eigenvalue weighted by Crippen LogP contribution is 2.50. The van der Waals surface area contributed by atoms with Crippen molar-refractivity contribution in [3.05, 3.63) is 23.3 Å². The lowest BCUT2D eigenvalue weighted by Crippen LogP contribution is -2.29. The molecule has 0 radical (unpaired) electrons. The summed E-state index contributed by atoms with van der Waals surface area (Å²) in [4.78, 5) is 11.2. The number of fused-ring (bicyclic) bond motifs is 1. The molecule has 0 aromatic heterocycles. The highest BCUT2D eigenvalue weighted by atomic mass is 16.5. The van der Waals surface area contributed by atoms with Crippen LogP contribution in [0.5, 0.6) is 0 Å². The average Bonchev–Trinajstić information content (AvgIpc) is 2.42. The molecule has 1 heterocycles. The van der Waals surface area contributed by atoms with Gasteiger partial charge in [0, 0.05) is 5.31 Å². The van der Waals surface area contributed by atoms with E-state index < -0.39 is 12.4 Å². The zero-order valence-corrected chi connectivity index (χ0v) is 8.41. The van der Waals surface area contributed by atoms with Crippen molar-refractivity contribution < 1.29 is 14.5 Å². The summed E-state index contributed by atoms with van der Waals surface area (Å²) in [6, 6.07) is 0. The number of rotatable bonds is 1. The van der Waals surface area contributed by atoms with E-state index in [1.165, 1.54) is 0 Å². The zero-order valence-electron chi connectivity index (χ0n) is 8.41. The Morgan fingerprint density at radius 2 is 2.36 bits per heavy atom. The number of allylic oxidation sites excluding steroid dienone is 3. The Kier molecular flexibility index (Phi) is 2.12. The van der Waals surface area contributed by atoms with E-state index in [9.17, 15) is 9.82 Å². The molecule has 1 atom stereocenters. The zero-order chi connectivity index (χ0) is 10.3. The van der Waals surface area contributed by atoms with Crippen LogP contribution in [0.1, 0.15) is 20.3 Å². The molecule has 1 aliphatic heterocycles. The fourth-order valence-electron chi connectivity index (χ4n) is 2.01. The lowest BCUT2D eigenvalue weighted by atomic mass is 9.53. The Morgan fingerprint density at radius 1 is 1.64 bits per heavy atom. The van der Waals surface area contributed by atoms with Gasteiger partial charge in [0.05, 0.1) is 6.61 Å². The van der Waals surface area contributed by atoms with Gasteiger partial charge in [0.25, 0.3) is 0 Å². The Labute approximate surface area is 83.6 Å². The topological polar surface area (TPSA) is 46.5 Å². The van der Waals surface area contributed by atoms with Gasteiger partial charge in [-0.1, -0.05) is 19.1 Å². The van der Waals surface area contributed by atoms with Crippen LogP contribution in [0, 0.1) is 0 Å². The molecule has 14 heavy (non-hydrogen) atoms.